The quantitative estimate of drug-likeness (QED) is 0.426. The van der Waals surface area contributed by atoms with Crippen LogP contribution in [0.4, 0.5) is 11.6 Å². The molecule has 3 aromatic rings. The minimum Gasteiger partial charge on any atom is -0.323 e. The van der Waals surface area contributed by atoms with Crippen LogP contribution in [0.15, 0.2) is 18.2 Å². The molecule has 0 saturated carbocycles. The summed E-state index contributed by atoms with van der Waals surface area (Å²) in [5.41, 5.74) is 1.04. The molecule has 12 heteroatoms. The van der Waals surface area contributed by atoms with E-state index in [-0.39, 0.29) is 26.0 Å². The Hall–Kier alpha value is -1.38. The highest BCUT2D eigenvalue weighted by Gasteiger charge is 2.04. The molecule has 3 heterocycles. The summed E-state index contributed by atoms with van der Waals surface area (Å²) in [6, 6.07) is 4.88. The van der Waals surface area contributed by atoms with Crippen LogP contribution < -0.4 is 5.32 Å². The monoisotopic (exact) mass is 439 g/mol. The van der Waals surface area contributed by atoms with Crippen molar-refractivity contribution < 1.29 is 0 Å². The van der Waals surface area contributed by atoms with E-state index in [1.807, 2.05) is 13.0 Å². The zero-order valence-corrected chi connectivity index (χ0v) is 16.3. The van der Waals surface area contributed by atoms with Crippen LogP contribution in [-0.2, 0) is 6.42 Å². The standard InChI is InChI=1S/C9H9Cl2N5.C4HCl3N2/c1-2-5-3-8(16-15-5)13-7-4-6(10)12-9(11)14-7;5-2-1-3(6)9-4(7)8-2/h3-4H,2H2,1H3,(H2,12,13,14,15,16);1H. The van der Waals surface area contributed by atoms with E-state index in [1.165, 1.54) is 6.07 Å². The normalized spacial score (nSPS) is 10.2. The number of aromatic nitrogens is 6. The van der Waals surface area contributed by atoms with Gasteiger partial charge in [-0.05, 0) is 29.6 Å². The Morgan fingerprint density at radius 2 is 1.36 bits per heavy atom. The molecule has 7 nitrogen and oxygen atoms in total. The summed E-state index contributed by atoms with van der Waals surface area (Å²) in [4.78, 5) is 14.9. The SMILES string of the molecule is CCc1cc(Nc2cc(Cl)nc(Cl)n2)n[nH]1.Clc1cc(Cl)nc(Cl)n1. The molecule has 132 valence electrons. The number of aryl methyl sites for hydroxylation is 1. The van der Waals surface area contributed by atoms with Gasteiger partial charge in [0.05, 0.1) is 0 Å². The van der Waals surface area contributed by atoms with Crippen molar-refractivity contribution in [2.75, 3.05) is 5.32 Å². The van der Waals surface area contributed by atoms with Crippen LogP contribution in [0.5, 0.6) is 0 Å². The summed E-state index contributed by atoms with van der Waals surface area (Å²) in [6.45, 7) is 2.04. The zero-order valence-electron chi connectivity index (χ0n) is 12.6. The van der Waals surface area contributed by atoms with Crippen molar-refractivity contribution in [2.24, 2.45) is 0 Å². The molecule has 0 unspecified atom stereocenters. The molecule has 0 radical (unpaired) electrons. The molecule has 0 fully saturated rings. The van der Waals surface area contributed by atoms with Gasteiger partial charge in [-0.2, -0.15) is 5.10 Å². The van der Waals surface area contributed by atoms with E-state index in [0.29, 0.717) is 11.6 Å². The van der Waals surface area contributed by atoms with Gasteiger partial charge in [0.1, 0.15) is 21.3 Å². The van der Waals surface area contributed by atoms with Gasteiger partial charge in [0, 0.05) is 23.9 Å². The summed E-state index contributed by atoms with van der Waals surface area (Å²) < 4.78 is 0. The van der Waals surface area contributed by atoms with Crippen molar-refractivity contribution in [1.82, 2.24) is 30.1 Å². The molecule has 2 N–H and O–H groups in total. The van der Waals surface area contributed by atoms with Crippen molar-refractivity contribution in [2.45, 2.75) is 13.3 Å². The number of nitrogens with zero attached hydrogens (tertiary/aromatic N) is 5. The Balaban J connectivity index is 0.000000212. The number of H-pyrrole nitrogens is 1. The molecule has 0 aliphatic carbocycles. The Bertz CT molecular complexity index is 784. The van der Waals surface area contributed by atoms with Crippen LogP contribution in [0, 0.1) is 0 Å². The second-order valence-corrected chi connectivity index (χ2v) is 6.22. The van der Waals surface area contributed by atoms with Crippen molar-refractivity contribution in [3.8, 4) is 0 Å². The Morgan fingerprint density at radius 1 is 0.800 bits per heavy atom. The number of nitrogens with one attached hydrogen (secondary N) is 2. The van der Waals surface area contributed by atoms with Gasteiger partial charge in [0.2, 0.25) is 10.6 Å². The fourth-order valence-corrected chi connectivity index (χ4v) is 2.66. The van der Waals surface area contributed by atoms with Crippen molar-refractivity contribution in [3.05, 3.63) is 49.9 Å². The van der Waals surface area contributed by atoms with E-state index in [9.17, 15) is 0 Å². The van der Waals surface area contributed by atoms with E-state index >= 15 is 0 Å². The van der Waals surface area contributed by atoms with Gasteiger partial charge < -0.3 is 5.32 Å². The molecule has 3 rings (SSSR count). The van der Waals surface area contributed by atoms with Gasteiger partial charge in [-0.3, -0.25) is 5.10 Å². The summed E-state index contributed by atoms with van der Waals surface area (Å²) in [7, 11) is 0. The fourth-order valence-electron chi connectivity index (χ4n) is 1.56. The van der Waals surface area contributed by atoms with Crippen molar-refractivity contribution in [1.29, 1.82) is 0 Å². The van der Waals surface area contributed by atoms with Crippen LogP contribution in [0.2, 0.25) is 26.0 Å². The van der Waals surface area contributed by atoms with Crippen LogP contribution in [0.25, 0.3) is 0 Å². The van der Waals surface area contributed by atoms with E-state index in [1.54, 1.807) is 6.07 Å². The molecule has 0 spiro atoms. The summed E-state index contributed by atoms with van der Waals surface area (Å²) in [5, 5.41) is 10.9. The fraction of sp³-hybridized carbons (Fsp3) is 0.154. The minimum atomic E-state index is 0.0625. The third kappa shape index (κ3) is 6.80. The van der Waals surface area contributed by atoms with Gasteiger partial charge >= 0.3 is 0 Å². The third-order valence-electron chi connectivity index (χ3n) is 2.57. The molecule has 0 amide bonds. The first kappa shape index (κ1) is 19.9. The lowest BCUT2D eigenvalue weighted by Crippen LogP contribution is -1.95. The number of hydrogen-bond acceptors (Lipinski definition) is 6. The van der Waals surface area contributed by atoms with Gasteiger partial charge in [0.15, 0.2) is 5.82 Å². The molecule has 0 bridgehead atoms. The molecule has 0 aliphatic rings. The maximum absolute atomic E-state index is 5.75. The molecular weight excluding hydrogens is 431 g/mol. The lowest BCUT2D eigenvalue weighted by molar-refractivity contribution is 0.975. The van der Waals surface area contributed by atoms with E-state index in [4.69, 9.17) is 58.0 Å². The minimum absolute atomic E-state index is 0.0625. The van der Waals surface area contributed by atoms with Gasteiger partial charge in [-0.25, -0.2) is 19.9 Å². The zero-order chi connectivity index (χ0) is 18.4. The Labute approximate surface area is 168 Å². The maximum Gasteiger partial charge on any atom is 0.225 e. The second-order valence-electron chi connectivity index (χ2n) is 4.38. The summed E-state index contributed by atoms with van der Waals surface area (Å²) >= 11 is 27.6. The molecule has 0 aromatic carbocycles. The Kier molecular flexibility index (Phi) is 7.46. The van der Waals surface area contributed by atoms with Gasteiger partial charge in [-0.15, -0.1) is 0 Å². The van der Waals surface area contributed by atoms with Crippen molar-refractivity contribution >= 4 is 69.6 Å². The highest BCUT2D eigenvalue weighted by atomic mass is 35.5. The number of hydrogen-bond donors (Lipinski definition) is 2. The van der Waals surface area contributed by atoms with Crippen LogP contribution in [-0.4, -0.2) is 30.1 Å². The molecule has 0 saturated heterocycles. The molecule has 25 heavy (non-hydrogen) atoms. The summed E-state index contributed by atoms with van der Waals surface area (Å²) in [6.07, 6.45) is 0.889. The largest absolute Gasteiger partial charge is 0.323 e. The van der Waals surface area contributed by atoms with Crippen LogP contribution in [0.3, 0.4) is 0 Å². The average Bonchev–Trinajstić information content (AvgIpc) is 2.93. The number of halogens is 5. The molecule has 0 aliphatic heterocycles. The Morgan fingerprint density at radius 3 is 1.84 bits per heavy atom. The topological polar surface area (TPSA) is 92.3 Å². The molecule has 0 atom stereocenters. The third-order valence-corrected chi connectivity index (χ3v) is 3.49. The lowest BCUT2D eigenvalue weighted by Gasteiger charge is -2.01. The number of rotatable bonds is 3. The predicted octanol–water partition coefficient (Wildman–Crippen LogP) is 5.25. The first-order valence-corrected chi connectivity index (χ1v) is 8.61. The lowest BCUT2D eigenvalue weighted by atomic mass is 10.3. The van der Waals surface area contributed by atoms with E-state index in [0.717, 1.165) is 12.1 Å². The highest BCUT2D eigenvalue weighted by molar-refractivity contribution is 6.35. The first-order valence-electron chi connectivity index (χ1n) is 6.72. The molecular formula is C13H10Cl5N7. The number of anilines is 2. The maximum atomic E-state index is 5.75. The van der Waals surface area contributed by atoms with Crippen LogP contribution >= 0.6 is 58.0 Å². The second kappa shape index (κ2) is 9.35. The highest BCUT2D eigenvalue weighted by Crippen LogP contribution is 2.18. The summed E-state index contributed by atoms with van der Waals surface area (Å²) in [5.74, 6) is 1.18. The van der Waals surface area contributed by atoms with Crippen LogP contribution in [0.1, 0.15) is 12.6 Å². The van der Waals surface area contributed by atoms with Gasteiger partial charge in [-0.1, -0.05) is 41.7 Å². The smallest absolute Gasteiger partial charge is 0.225 e. The predicted molar refractivity (Wildman–Crippen MR) is 100 cm³/mol. The first-order chi connectivity index (χ1) is 11.9. The average molecular weight is 442 g/mol. The van der Waals surface area contributed by atoms with Gasteiger partial charge in [0.25, 0.3) is 0 Å². The van der Waals surface area contributed by atoms with E-state index in [2.05, 4.69) is 35.5 Å². The van der Waals surface area contributed by atoms with Crippen molar-refractivity contribution in [3.63, 3.8) is 0 Å². The number of aromatic amines is 1. The van der Waals surface area contributed by atoms with E-state index < -0.39 is 0 Å². The molecule has 3 aromatic heterocycles.